The number of carbonyl (C=O) groups excluding carboxylic acids is 2. The van der Waals surface area contributed by atoms with E-state index in [1.807, 2.05) is 78.5 Å². The maximum atomic E-state index is 12.9. The Morgan fingerprint density at radius 1 is 1.00 bits per heavy atom. The first-order chi connectivity index (χ1) is 13.5. The van der Waals surface area contributed by atoms with E-state index in [4.69, 9.17) is 5.73 Å². The van der Waals surface area contributed by atoms with E-state index in [0.29, 0.717) is 0 Å². The van der Waals surface area contributed by atoms with Gasteiger partial charge in [0.25, 0.3) is 0 Å². The molecule has 0 radical (unpaired) electrons. The third-order valence-electron chi connectivity index (χ3n) is 4.46. The van der Waals surface area contributed by atoms with Crippen LogP contribution in [-0.4, -0.2) is 21.5 Å². The molecule has 1 heterocycles. The second-order valence-corrected chi connectivity index (χ2v) is 6.48. The fourth-order valence-corrected chi connectivity index (χ4v) is 3.11. The summed E-state index contributed by atoms with van der Waals surface area (Å²) in [6, 6.07) is 17.3. The molecule has 0 bridgehead atoms. The number of hydrogen-bond acceptors (Lipinski definition) is 3. The highest BCUT2D eigenvalue weighted by atomic mass is 16.2. The number of amides is 3. The lowest BCUT2D eigenvalue weighted by molar-refractivity contribution is -0.122. The van der Waals surface area contributed by atoms with Crippen molar-refractivity contribution in [3.8, 4) is 0 Å². The Bertz CT molecular complexity index is 924. The molecule has 0 aliphatic carbocycles. The van der Waals surface area contributed by atoms with Gasteiger partial charge in [0.2, 0.25) is 5.91 Å². The number of hydrogen-bond donors (Lipinski definition) is 3. The van der Waals surface area contributed by atoms with E-state index in [1.165, 1.54) is 0 Å². The Kier molecular flexibility index (Phi) is 6.06. The number of imidazole rings is 1. The van der Waals surface area contributed by atoms with E-state index >= 15 is 0 Å². The smallest absolute Gasteiger partial charge is 0.312 e. The lowest BCUT2D eigenvalue weighted by Gasteiger charge is -2.22. The molecule has 0 unspecified atom stereocenters. The predicted molar refractivity (Wildman–Crippen MR) is 106 cm³/mol. The number of urea groups is 1. The van der Waals surface area contributed by atoms with Crippen LogP contribution in [-0.2, 0) is 11.8 Å². The van der Waals surface area contributed by atoms with Gasteiger partial charge in [-0.1, -0.05) is 60.7 Å². The minimum atomic E-state index is -0.676. The van der Waals surface area contributed by atoms with Gasteiger partial charge in [-0.15, -0.1) is 0 Å². The lowest BCUT2D eigenvalue weighted by atomic mass is 10.0. The number of aryl methyl sites for hydroxylation is 1. The van der Waals surface area contributed by atoms with Crippen LogP contribution in [0.5, 0.6) is 0 Å². The normalized spacial score (nSPS) is 12.8. The summed E-state index contributed by atoms with van der Waals surface area (Å²) in [4.78, 5) is 28.7. The van der Waals surface area contributed by atoms with Crippen LogP contribution in [0.2, 0.25) is 0 Å². The first-order valence-electron chi connectivity index (χ1n) is 8.97. The molecule has 4 N–H and O–H groups in total. The van der Waals surface area contributed by atoms with E-state index in [-0.39, 0.29) is 12.3 Å². The second kappa shape index (κ2) is 8.85. The second-order valence-electron chi connectivity index (χ2n) is 6.48. The van der Waals surface area contributed by atoms with Gasteiger partial charge in [-0.2, -0.15) is 0 Å². The van der Waals surface area contributed by atoms with Crippen molar-refractivity contribution in [1.82, 2.24) is 20.2 Å². The van der Waals surface area contributed by atoms with E-state index in [0.717, 1.165) is 17.0 Å². The van der Waals surface area contributed by atoms with Crippen molar-refractivity contribution in [1.29, 1.82) is 0 Å². The maximum Gasteiger partial charge on any atom is 0.312 e. The van der Waals surface area contributed by atoms with Crippen LogP contribution < -0.4 is 16.4 Å². The van der Waals surface area contributed by atoms with Gasteiger partial charge in [0, 0.05) is 19.4 Å². The van der Waals surface area contributed by atoms with Gasteiger partial charge in [0.15, 0.2) is 0 Å². The zero-order valence-corrected chi connectivity index (χ0v) is 15.6. The topological polar surface area (TPSA) is 102 Å². The molecule has 0 spiro atoms. The molecular weight excluding hydrogens is 354 g/mol. The number of carbonyl (C=O) groups is 2. The average molecular weight is 377 g/mol. The highest BCUT2D eigenvalue weighted by molar-refractivity contribution is 5.79. The van der Waals surface area contributed by atoms with E-state index in [2.05, 4.69) is 15.6 Å². The van der Waals surface area contributed by atoms with Crippen LogP contribution >= 0.6 is 0 Å². The Morgan fingerprint density at radius 2 is 1.61 bits per heavy atom. The number of nitrogens with two attached hydrogens (primary N) is 1. The molecule has 0 saturated heterocycles. The van der Waals surface area contributed by atoms with Crippen molar-refractivity contribution >= 4 is 11.9 Å². The summed E-state index contributed by atoms with van der Waals surface area (Å²) in [7, 11) is 1.88. The lowest BCUT2D eigenvalue weighted by Crippen LogP contribution is -2.38. The van der Waals surface area contributed by atoms with Crippen molar-refractivity contribution in [3.05, 3.63) is 90.0 Å². The Hall–Kier alpha value is -3.61. The summed E-state index contributed by atoms with van der Waals surface area (Å²) in [6.07, 6.45) is 3.58. The minimum Gasteiger partial charge on any atom is -0.352 e. The molecule has 7 nitrogen and oxygen atoms in total. The van der Waals surface area contributed by atoms with Gasteiger partial charge >= 0.3 is 6.03 Å². The minimum absolute atomic E-state index is 0.0563. The molecule has 0 aliphatic rings. The van der Waals surface area contributed by atoms with E-state index in [1.54, 1.807) is 6.20 Å². The number of nitrogens with one attached hydrogen (secondary N) is 2. The summed E-state index contributed by atoms with van der Waals surface area (Å²) in [5.41, 5.74) is 7.03. The third-order valence-corrected chi connectivity index (χ3v) is 4.46. The van der Waals surface area contributed by atoms with Crippen molar-refractivity contribution in [2.75, 3.05) is 0 Å². The zero-order chi connectivity index (χ0) is 19.9. The standard InChI is InChI=1S/C21H23N5O2/c1-26-13-12-23-20(26)19(16-10-6-3-7-11-16)25-18(27)14-17(24-21(22)28)15-8-4-2-5-9-15/h2-13,17,19H,14H2,1H3,(H,25,27)(H3,22,24,28)/t17-,19+/m0/s1. The van der Waals surface area contributed by atoms with Crippen molar-refractivity contribution in [3.63, 3.8) is 0 Å². The van der Waals surface area contributed by atoms with Gasteiger partial charge in [0.05, 0.1) is 12.5 Å². The van der Waals surface area contributed by atoms with Gasteiger partial charge in [-0.3, -0.25) is 4.79 Å². The molecule has 1 aromatic heterocycles. The monoisotopic (exact) mass is 377 g/mol. The quantitative estimate of drug-likeness (QED) is 0.589. The predicted octanol–water partition coefficient (Wildman–Crippen LogP) is 2.43. The molecule has 28 heavy (non-hydrogen) atoms. The highest BCUT2D eigenvalue weighted by Crippen LogP contribution is 2.22. The molecule has 2 atom stereocenters. The summed E-state index contributed by atoms with van der Waals surface area (Å²) in [5.74, 6) is 0.498. The van der Waals surface area contributed by atoms with Crippen LogP contribution in [0.3, 0.4) is 0 Å². The molecule has 3 amide bonds. The molecular formula is C21H23N5O2. The fourth-order valence-electron chi connectivity index (χ4n) is 3.11. The maximum absolute atomic E-state index is 12.9. The van der Waals surface area contributed by atoms with Crippen LogP contribution in [0, 0.1) is 0 Å². The number of aromatic nitrogens is 2. The SMILES string of the molecule is Cn1ccnc1[C@H](NC(=O)C[C@H](NC(N)=O)c1ccccc1)c1ccccc1. The molecule has 7 heteroatoms. The molecule has 3 aromatic rings. The van der Waals surface area contributed by atoms with Gasteiger partial charge in [-0.25, -0.2) is 9.78 Å². The van der Waals surface area contributed by atoms with Crippen LogP contribution in [0.4, 0.5) is 4.79 Å². The molecule has 0 fully saturated rings. The molecule has 3 rings (SSSR count). The van der Waals surface area contributed by atoms with Gasteiger partial charge in [0.1, 0.15) is 11.9 Å². The van der Waals surface area contributed by atoms with Gasteiger partial charge in [-0.05, 0) is 11.1 Å². The van der Waals surface area contributed by atoms with Crippen molar-refractivity contribution in [2.24, 2.45) is 12.8 Å². The van der Waals surface area contributed by atoms with Crippen molar-refractivity contribution in [2.45, 2.75) is 18.5 Å². The number of rotatable bonds is 7. The Labute approximate surface area is 163 Å². The average Bonchev–Trinajstić information content (AvgIpc) is 3.12. The number of primary amides is 1. The summed E-state index contributed by atoms with van der Waals surface area (Å²) in [5, 5.41) is 5.68. The number of benzene rings is 2. The zero-order valence-electron chi connectivity index (χ0n) is 15.6. The first-order valence-corrected chi connectivity index (χ1v) is 8.97. The van der Waals surface area contributed by atoms with E-state index < -0.39 is 18.1 Å². The molecule has 0 saturated carbocycles. The Morgan fingerprint density at radius 3 is 2.14 bits per heavy atom. The molecule has 2 aromatic carbocycles. The number of nitrogens with zero attached hydrogens (tertiary/aromatic N) is 2. The van der Waals surface area contributed by atoms with Crippen molar-refractivity contribution < 1.29 is 9.59 Å². The van der Waals surface area contributed by atoms with E-state index in [9.17, 15) is 9.59 Å². The molecule has 144 valence electrons. The fraction of sp³-hybridized carbons (Fsp3) is 0.190. The van der Waals surface area contributed by atoms with Crippen LogP contribution in [0.1, 0.15) is 35.5 Å². The van der Waals surface area contributed by atoms with Gasteiger partial charge < -0.3 is 20.9 Å². The third kappa shape index (κ3) is 4.76. The molecule has 0 aliphatic heterocycles. The Balaban J connectivity index is 1.81. The van der Waals surface area contributed by atoms with Crippen LogP contribution in [0.15, 0.2) is 73.1 Å². The summed E-state index contributed by atoms with van der Waals surface area (Å²) >= 11 is 0. The van der Waals surface area contributed by atoms with Crippen LogP contribution in [0.25, 0.3) is 0 Å². The summed E-state index contributed by atoms with van der Waals surface area (Å²) < 4.78 is 1.87. The summed E-state index contributed by atoms with van der Waals surface area (Å²) in [6.45, 7) is 0. The first kappa shape index (κ1) is 19.2. The largest absolute Gasteiger partial charge is 0.352 e. The highest BCUT2D eigenvalue weighted by Gasteiger charge is 2.23.